The quantitative estimate of drug-likeness (QED) is 0.375. The molecule has 4 rings (SSSR count). The van der Waals surface area contributed by atoms with Gasteiger partial charge >= 0.3 is 5.97 Å². The van der Waals surface area contributed by atoms with Crippen molar-refractivity contribution >= 4 is 5.97 Å². The zero-order chi connectivity index (χ0) is 12.7. The number of hydrogen-bond acceptors (Lipinski definition) is 3. The molecule has 2 aliphatic carbocycles. The first-order valence-electron chi connectivity index (χ1n) is 7.06. The van der Waals surface area contributed by atoms with Crippen molar-refractivity contribution in [3.63, 3.8) is 0 Å². The van der Waals surface area contributed by atoms with Crippen molar-refractivity contribution in [1.29, 1.82) is 0 Å². The molecule has 18 heavy (non-hydrogen) atoms. The van der Waals surface area contributed by atoms with E-state index in [0.717, 1.165) is 19.3 Å². The van der Waals surface area contributed by atoms with Crippen molar-refractivity contribution in [2.75, 3.05) is 0 Å². The molecule has 2 heterocycles. The Labute approximate surface area is 108 Å². The molecule has 0 amide bonds. The number of rotatable bonds is 0. The van der Waals surface area contributed by atoms with Crippen molar-refractivity contribution in [2.24, 2.45) is 17.8 Å². The van der Waals surface area contributed by atoms with Crippen LogP contribution in [0.3, 0.4) is 0 Å². The van der Waals surface area contributed by atoms with Crippen molar-refractivity contribution in [1.82, 2.24) is 0 Å². The molecular weight excluding hydrogens is 228 g/mol. The van der Waals surface area contributed by atoms with E-state index in [4.69, 9.17) is 9.47 Å². The van der Waals surface area contributed by atoms with Crippen LogP contribution in [0.25, 0.3) is 0 Å². The van der Waals surface area contributed by atoms with Gasteiger partial charge in [-0.25, -0.2) is 0 Å². The summed E-state index contributed by atoms with van der Waals surface area (Å²) in [5.74, 6) is 0.726. The number of esters is 1. The molecule has 0 N–H and O–H groups in total. The molecule has 4 aliphatic rings. The van der Waals surface area contributed by atoms with Gasteiger partial charge in [0.1, 0.15) is 11.7 Å². The Kier molecular flexibility index (Phi) is 1.84. The molecule has 0 aromatic heterocycles. The first-order valence-corrected chi connectivity index (χ1v) is 7.06. The highest BCUT2D eigenvalue weighted by Gasteiger charge is 2.75. The van der Waals surface area contributed by atoms with Crippen LogP contribution in [0.4, 0.5) is 0 Å². The Hall–Kier alpha value is -0.830. The number of epoxide rings is 1. The van der Waals surface area contributed by atoms with E-state index in [1.165, 1.54) is 5.57 Å². The Bertz CT molecular complexity index is 468. The highest BCUT2D eigenvalue weighted by atomic mass is 16.6. The maximum absolute atomic E-state index is 11.9. The molecule has 3 nitrogen and oxygen atoms in total. The molecule has 3 heteroatoms. The number of carbonyl (C=O) groups is 1. The summed E-state index contributed by atoms with van der Waals surface area (Å²) in [4.78, 5) is 11.9. The molecule has 0 radical (unpaired) electrons. The molecule has 6 unspecified atom stereocenters. The third-order valence-electron chi connectivity index (χ3n) is 5.95. The van der Waals surface area contributed by atoms with Gasteiger partial charge in [-0.3, -0.25) is 4.79 Å². The molecule has 2 saturated heterocycles. The average Bonchev–Trinajstić information content (AvgIpc) is 2.65. The summed E-state index contributed by atoms with van der Waals surface area (Å²) in [6.07, 6.45) is 5.45. The SMILES string of the molecule is CC1=CCC23OC2(C)CCC2C(C)C(=O)OC2C13. The van der Waals surface area contributed by atoms with Gasteiger partial charge in [-0.2, -0.15) is 0 Å². The van der Waals surface area contributed by atoms with Crippen LogP contribution in [0.5, 0.6) is 0 Å². The van der Waals surface area contributed by atoms with Crippen LogP contribution in [-0.2, 0) is 14.3 Å². The first kappa shape index (κ1) is 11.0. The number of carbonyl (C=O) groups excluding carboxylic acids is 1. The van der Waals surface area contributed by atoms with Crippen molar-refractivity contribution in [3.05, 3.63) is 11.6 Å². The molecule has 0 aromatic carbocycles. The topological polar surface area (TPSA) is 38.8 Å². The second kappa shape index (κ2) is 3.01. The minimum absolute atomic E-state index is 0.0101. The van der Waals surface area contributed by atoms with Crippen LogP contribution < -0.4 is 0 Å². The van der Waals surface area contributed by atoms with Crippen molar-refractivity contribution < 1.29 is 14.3 Å². The van der Waals surface area contributed by atoms with E-state index in [0.29, 0.717) is 11.8 Å². The maximum Gasteiger partial charge on any atom is 0.309 e. The average molecular weight is 248 g/mol. The minimum Gasteiger partial charge on any atom is -0.461 e. The van der Waals surface area contributed by atoms with E-state index in [-0.39, 0.29) is 29.2 Å². The third kappa shape index (κ3) is 1.04. The summed E-state index contributed by atoms with van der Waals surface area (Å²) < 4.78 is 11.9. The molecule has 98 valence electrons. The Morgan fingerprint density at radius 2 is 2.22 bits per heavy atom. The molecule has 2 aliphatic heterocycles. The van der Waals surface area contributed by atoms with E-state index >= 15 is 0 Å². The summed E-state index contributed by atoms with van der Waals surface area (Å²) in [5.41, 5.74) is 1.32. The van der Waals surface area contributed by atoms with E-state index < -0.39 is 0 Å². The molecular formula is C15H20O3. The highest BCUT2D eigenvalue weighted by molar-refractivity contribution is 5.75. The molecule has 0 bridgehead atoms. The maximum atomic E-state index is 11.9. The predicted molar refractivity (Wildman–Crippen MR) is 65.9 cm³/mol. The van der Waals surface area contributed by atoms with Crippen molar-refractivity contribution in [3.8, 4) is 0 Å². The van der Waals surface area contributed by atoms with Gasteiger partial charge in [0.2, 0.25) is 0 Å². The van der Waals surface area contributed by atoms with Crippen molar-refractivity contribution in [2.45, 2.75) is 57.3 Å². The van der Waals surface area contributed by atoms with E-state index in [2.05, 4.69) is 19.9 Å². The molecule has 0 aromatic rings. The van der Waals surface area contributed by atoms with Gasteiger partial charge in [0.15, 0.2) is 0 Å². The smallest absolute Gasteiger partial charge is 0.309 e. The van der Waals surface area contributed by atoms with Crippen LogP contribution in [0.1, 0.15) is 40.0 Å². The number of ether oxygens (including phenoxy) is 2. The van der Waals surface area contributed by atoms with Gasteiger partial charge in [-0.15, -0.1) is 0 Å². The van der Waals surface area contributed by atoms with Crippen LogP contribution in [0, 0.1) is 17.8 Å². The molecule has 6 atom stereocenters. The number of hydrogen-bond donors (Lipinski definition) is 0. The summed E-state index contributed by atoms with van der Waals surface area (Å²) in [7, 11) is 0. The highest BCUT2D eigenvalue weighted by Crippen LogP contribution is 2.67. The standard InChI is InChI=1S/C15H20O3/c1-8-4-7-15-11(8)12-10(9(2)13(16)17-12)5-6-14(15,3)18-15/h4,9-12H,5-7H2,1-3H3. The second-order valence-corrected chi connectivity index (χ2v) is 6.75. The summed E-state index contributed by atoms with van der Waals surface area (Å²) in [6, 6.07) is 0. The van der Waals surface area contributed by atoms with Crippen LogP contribution >= 0.6 is 0 Å². The molecule has 1 spiro atoms. The second-order valence-electron chi connectivity index (χ2n) is 6.75. The predicted octanol–water partition coefficient (Wildman–Crippen LogP) is 2.45. The fraction of sp³-hybridized carbons (Fsp3) is 0.800. The van der Waals surface area contributed by atoms with Crippen LogP contribution in [-0.4, -0.2) is 23.3 Å². The minimum atomic E-state index is -0.0547. The van der Waals surface area contributed by atoms with E-state index in [1.54, 1.807) is 0 Å². The van der Waals surface area contributed by atoms with E-state index in [9.17, 15) is 4.79 Å². The third-order valence-corrected chi connectivity index (χ3v) is 5.95. The lowest BCUT2D eigenvalue weighted by Gasteiger charge is -2.27. The molecule has 3 fully saturated rings. The van der Waals surface area contributed by atoms with Gasteiger partial charge in [-0.1, -0.05) is 18.6 Å². The lowest BCUT2D eigenvalue weighted by atomic mass is 9.77. The fourth-order valence-corrected chi connectivity index (χ4v) is 4.71. The summed E-state index contributed by atoms with van der Waals surface area (Å²) in [5, 5.41) is 0. The van der Waals surface area contributed by atoms with Gasteiger partial charge in [0.25, 0.3) is 0 Å². The van der Waals surface area contributed by atoms with Gasteiger partial charge in [0.05, 0.1) is 11.5 Å². The Morgan fingerprint density at radius 3 is 3.00 bits per heavy atom. The number of fused-ring (bicyclic) bond motifs is 2. The van der Waals surface area contributed by atoms with E-state index in [1.807, 2.05) is 6.92 Å². The summed E-state index contributed by atoms with van der Waals surface area (Å²) >= 11 is 0. The Balaban J connectivity index is 1.78. The van der Waals surface area contributed by atoms with Gasteiger partial charge in [-0.05, 0) is 33.1 Å². The van der Waals surface area contributed by atoms with Gasteiger partial charge in [0, 0.05) is 11.8 Å². The largest absolute Gasteiger partial charge is 0.461 e. The van der Waals surface area contributed by atoms with Gasteiger partial charge < -0.3 is 9.47 Å². The van der Waals surface area contributed by atoms with Crippen LogP contribution in [0.2, 0.25) is 0 Å². The van der Waals surface area contributed by atoms with Crippen LogP contribution in [0.15, 0.2) is 11.6 Å². The monoisotopic (exact) mass is 248 g/mol. The zero-order valence-corrected chi connectivity index (χ0v) is 11.2. The lowest BCUT2D eigenvalue weighted by Crippen LogP contribution is -2.37. The molecule has 1 saturated carbocycles. The first-order chi connectivity index (χ1) is 8.48. The normalized spacial score (nSPS) is 57.1. The summed E-state index contributed by atoms with van der Waals surface area (Å²) in [6.45, 7) is 6.43. The zero-order valence-electron chi connectivity index (χ0n) is 11.2. The fourth-order valence-electron chi connectivity index (χ4n) is 4.71. The Morgan fingerprint density at radius 1 is 1.44 bits per heavy atom. The lowest BCUT2D eigenvalue weighted by molar-refractivity contribution is -0.145.